The maximum atomic E-state index is 5.62. The van der Waals surface area contributed by atoms with Crippen molar-refractivity contribution < 1.29 is 9.47 Å². The Morgan fingerprint density at radius 1 is 1.15 bits per heavy atom. The van der Waals surface area contributed by atoms with Crippen molar-refractivity contribution in [2.75, 3.05) is 33.0 Å². The van der Waals surface area contributed by atoms with E-state index in [4.69, 9.17) is 14.5 Å². The first-order valence-corrected chi connectivity index (χ1v) is 10.3. The number of guanidine groups is 1. The number of aryl methyl sites for hydroxylation is 1. The topological polar surface area (TPSA) is 85.6 Å². The molecule has 8 nitrogen and oxygen atoms in total. The summed E-state index contributed by atoms with van der Waals surface area (Å²) in [5.41, 5.74) is 0. The van der Waals surface area contributed by atoms with Crippen LogP contribution >= 0.6 is 0 Å². The molecule has 1 heterocycles. The smallest absolute Gasteiger partial charge is 0.192 e. The summed E-state index contributed by atoms with van der Waals surface area (Å²) < 4.78 is 13.1. The van der Waals surface area contributed by atoms with Crippen molar-refractivity contribution in [3.05, 3.63) is 11.6 Å². The van der Waals surface area contributed by atoms with Crippen LogP contribution < -0.4 is 10.6 Å². The van der Waals surface area contributed by atoms with Gasteiger partial charge < -0.3 is 24.7 Å². The molecule has 0 atom stereocenters. The van der Waals surface area contributed by atoms with Gasteiger partial charge in [-0.2, -0.15) is 0 Å². The number of aliphatic imine (C=N–C) groups is 1. The number of rotatable bonds is 12. The molecule has 1 aliphatic carbocycles. The highest BCUT2D eigenvalue weighted by atomic mass is 16.5. The summed E-state index contributed by atoms with van der Waals surface area (Å²) in [5.74, 6) is 2.58. The van der Waals surface area contributed by atoms with Crippen LogP contribution in [-0.2, 0) is 23.1 Å². The number of hydrogen-bond donors (Lipinski definition) is 2. The Morgan fingerprint density at radius 3 is 2.56 bits per heavy atom. The zero-order chi connectivity index (χ0) is 19.3. The highest BCUT2D eigenvalue weighted by Crippen LogP contribution is 2.17. The van der Waals surface area contributed by atoms with E-state index in [2.05, 4.69) is 27.8 Å². The van der Waals surface area contributed by atoms with Crippen LogP contribution in [0.25, 0.3) is 0 Å². The van der Waals surface area contributed by atoms with Crippen LogP contribution in [-0.4, -0.2) is 59.7 Å². The molecule has 1 fully saturated rings. The molecule has 1 aromatic heterocycles. The van der Waals surface area contributed by atoms with E-state index in [1.165, 1.54) is 25.7 Å². The predicted octanol–water partition coefficient (Wildman–Crippen LogP) is 1.93. The van der Waals surface area contributed by atoms with Crippen molar-refractivity contribution in [1.82, 2.24) is 25.4 Å². The van der Waals surface area contributed by atoms with Crippen LogP contribution in [0.1, 0.15) is 57.1 Å². The van der Waals surface area contributed by atoms with E-state index in [0.717, 1.165) is 37.1 Å². The summed E-state index contributed by atoms with van der Waals surface area (Å²) in [6.07, 6.45) is 7.25. The molecule has 0 bridgehead atoms. The molecule has 1 saturated carbocycles. The van der Waals surface area contributed by atoms with E-state index in [9.17, 15) is 0 Å². The zero-order valence-corrected chi connectivity index (χ0v) is 17.2. The molecular weight excluding hydrogens is 344 g/mol. The summed E-state index contributed by atoms with van der Waals surface area (Å²) in [6.45, 7) is 8.07. The second-order valence-electron chi connectivity index (χ2n) is 7.02. The quantitative estimate of drug-likeness (QED) is 0.327. The van der Waals surface area contributed by atoms with Gasteiger partial charge in [0.1, 0.15) is 12.4 Å². The molecule has 8 heteroatoms. The third-order valence-electron chi connectivity index (χ3n) is 4.81. The number of nitrogens with zero attached hydrogens (tertiary/aromatic N) is 4. The van der Waals surface area contributed by atoms with Gasteiger partial charge in [0.25, 0.3) is 0 Å². The first-order chi connectivity index (χ1) is 13.2. The Balaban J connectivity index is 1.71. The number of unbranched alkanes of at least 4 members (excludes halogenated alkanes) is 1. The molecule has 1 aliphatic rings. The Kier molecular flexibility index (Phi) is 10.1. The average Bonchev–Trinajstić information content (AvgIpc) is 3.29. The predicted molar refractivity (Wildman–Crippen MR) is 107 cm³/mol. The highest BCUT2D eigenvalue weighted by Gasteiger charge is 2.16. The molecule has 0 amide bonds. The van der Waals surface area contributed by atoms with Crippen LogP contribution in [0, 0.1) is 6.92 Å². The second-order valence-corrected chi connectivity index (χ2v) is 7.02. The van der Waals surface area contributed by atoms with Crippen molar-refractivity contribution in [2.45, 2.75) is 65.0 Å². The van der Waals surface area contributed by atoms with E-state index >= 15 is 0 Å². The lowest BCUT2D eigenvalue weighted by Gasteiger charge is -2.17. The average molecular weight is 381 g/mol. The van der Waals surface area contributed by atoms with Gasteiger partial charge in [-0.25, -0.2) is 4.99 Å². The number of ether oxygens (including phenoxy) is 2. The molecule has 154 valence electrons. The molecule has 27 heavy (non-hydrogen) atoms. The minimum Gasteiger partial charge on any atom is -0.379 e. The Hall–Kier alpha value is -1.67. The molecule has 2 N–H and O–H groups in total. The Morgan fingerprint density at radius 2 is 1.89 bits per heavy atom. The van der Waals surface area contributed by atoms with Crippen LogP contribution in [0.2, 0.25) is 0 Å². The van der Waals surface area contributed by atoms with Crippen LogP contribution in [0.5, 0.6) is 0 Å². The van der Waals surface area contributed by atoms with Gasteiger partial charge in [0.15, 0.2) is 11.8 Å². The summed E-state index contributed by atoms with van der Waals surface area (Å²) >= 11 is 0. The van der Waals surface area contributed by atoms with E-state index in [1.54, 1.807) is 0 Å². The van der Waals surface area contributed by atoms with Crippen molar-refractivity contribution in [1.29, 1.82) is 0 Å². The molecule has 1 aromatic rings. The lowest BCUT2D eigenvalue weighted by atomic mass is 10.2. The van der Waals surface area contributed by atoms with Gasteiger partial charge >= 0.3 is 0 Å². The molecular formula is C19H36N6O2. The van der Waals surface area contributed by atoms with Gasteiger partial charge in [-0.3, -0.25) is 0 Å². The monoisotopic (exact) mass is 380 g/mol. The fraction of sp³-hybridized carbons (Fsp3) is 0.842. The van der Waals surface area contributed by atoms with E-state index in [-0.39, 0.29) is 0 Å². The van der Waals surface area contributed by atoms with Crippen molar-refractivity contribution >= 4 is 5.96 Å². The van der Waals surface area contributed by atoms with E-state index < -0.39 is 0 Å². The lowest BCUT2D eigenvalue weighted by Crippen LogP contribution is -2.43. The summed E-state index contributed by atoms with van der Waals surface area (Å²) in [5, 5.41) is 15.2. The minimum atomic E-state index is 0.505. The molecule has 0 aliphatic heterocycles. The zero-order valence-electron chi connectivity index (χ0n) is 17.2. The first kappa shape index (κ1) is 21.6. The van der Waals surface area contributed by atoms with Gasteiger partial charge in [0, 0.05) is 26.2 Å². The number of nitrogens with one attached hydrogen (secondary N) is 2. The molecule has 0 spiro atoms. The maximum Gasteiger partial charge on any atom is 0.192 e. The second kappa shape index (κ2) is 12.7. The largest absolute Gasteiger partial charge is 0.379 e. The number of aromatic nitrogens is 3. The van der Waals surface area contributed by atoms with Gasteiger partial charge in [-0.1, -0.05) is 26.2 Å². The summed E-state index contributed by atoms with van der Waals surface area (Å²) in [7, 11) is 1.97. The third kappa shape index (κ3) is 8.26. The van der Waals surface area contributed by atoms with Gasteiger partial charge in [-0.05, 0) is 26.2 Å². The molecule has 2 rings (SSSR count). The first-order valence-electron chi connectivity index (χ1n) is 10.3. The molecule has 0 radical (unpaired) electrons. The fourth-order valence-electron chi connectivity index (χ4n) is 2.96. The third-order valence-corrected chi connectivity index (χ3v) is 4.81. The SMILES string of the molecule is CCCCOCCOCCNC(=NCc1nnc(C)n1C)NC1CCCC1. The van der Waals surface area contributed by atoms with Crippen molar-refractivity contribution in [2.24, 2.45) is 12.0 Å². The summed E-state index contributed by atoms with van der Waals surface area (Å²) in [4.78, 5) is 4.69. The Labute approximate surface area is 163 Å². The van der Waals surface area contributed by atoms with Crippen molar-refractivity contribution in [3.8, 4) is 0 Å². The number of hydrogen-bond acceptors (Lipinski definition) is 5. The Bertz CT molecular complexity index is 554. The standard InChI is InChI=1S/C19H36N6O2/c1-4-5-11-26-13-14-27-12-10-20-19(22-17-8-6-7-9-17)21-15-18-24-23-16(2)25(18)3/h17H,4-15H2,1-3H3,(H2,20,21,22). The van der Waals surface area contributed by atoms with Gasteiger partial charge in [0.2, 0.25) is 0 Å². The molecule has 0 unspecified atom stereocenters. The van der Waals surface area contributed by atoms with Crippen LogP contribution in [0.3, 0.4) is 0 Å². The molecule has 0 saturated heterocycles. The lowest BCUT2D eigenvalue weighted by molar-refractivity contribution is 0.0487. The molecule has 0 aromatic carbocycles. The van der Waals surface area contributed by atoms with Gasteiger partial charge in [-0.15, -0.1) is 10.2 Å². The van der Waals surface area contributed by atoms with Gasteiger partial charge in [0.05, 0.1) is 19.8 Å². The maximum absolute atomic E-state index is 5.62. The fourth-order valence-corrected chi connectivity index (χ4v) is 2.96. The van der Waals surface area contributed by atoms with E-state index in [1.807, 2.05) is 18.5 Å². The summed E-state index contributed by atoms with van der Waals surface area (Å²) in [6, 6.07) is 0.505. The van der Waals surface area contributed by atoms with Crippen LogP contribution in [0.4, 0.5) is 0 Å². The highest BCUT2D eigenvalue weighted by molar-refractivity contribution is 5.80. The van der Waals surface area contributed by atoms with Crippen molar-refractivity contribution in [3.63, 3.8) is 0 Å². The normalized spacial score (nSPS) is 15.4. The minimum absolute atomic E-state index is 0.505. The van der Waals surface area contributed by atoms with Crippen LogP contribution in [0.15, 0.2) is 4.99 Å². The van der Waals surface area contributed by atoms with E-state index in [0.29, 0.717) is 39.0 Å².